The van der Waals surface area contributed by atoms with Gasteiger partial charge in [-0.15, -0.1) is 0 Å². The van der Waals surface area contributed by atoms with E-state index in [1.165, 1.54) is 38.5 Å². The normalized spacial score (nSPS) is 14.5. The highest BCUT2D eigenvalue weighted by molar-refractivity contribution is 5.77. The fraction of sp³-hybridized carbons (Fsp3) is 0.592. The lowest BCUT2D eigenvalue weighted by Crippen LogP contribution is -2.46. The van der Waals surface area contributed by atoms with Gasteiger partial charge in [0.2, 0.25) is 5.91 Å². The standard InChI is InChI=1S/C49H79NO5/c1-4-7-10-13-16-19-21-23-25-26-29-31-34-37-40-45(55-49(54)42-39-36-33-30-27-24-22-20-17-14-11-8-5-2)43-48(53)50-46(44-51)47(52)41-38-35-32-28-18-15-12-9-6-3/h7-8,10-11,14,16-17,19-20,22-25,27,29-31,33,45-47,51-52H,4-6,9,12-13,15,18,21,26,28,32,34-44H2,1-3H3,(H,50,53)/b10-7+,11-8+,17-14+,19-16+,22-20-,25-23+,27-24-,31-29+,33-30+. The number of ether oxygens (including phenoxy) is 1. The van der Waals surface area contributed by atoms with Crippen LogP contribution >= 0.6 is 0 Å². The van der Waals surface area contributed by atoms with Crippen molar-refractivity contribution in [3.8, 4) is 0 Å². The molecule has 3 atom stereocenters. The maximum Gasteiger partial charge on any atom is 0.306 e. The van der Waals surface area contributed by atoms with Gasteiger partial charge in [-0.3, -0.25) is 9.59 Å². The summed E-state index contributed by atoms with van der Waals surface area (Å²) in [6.45, 7) is 6.13. The number of aliphatic hydroxyl groups excluding tert-OH is 2. The number of rotatable bonds is 36. The molecule has 0 saturated carbocycles. The summed E-state index contributed by atoms with van der Waals surface area (Å²) in [5.41, 5.74) is 0. The summed E-state index contributed by atoms with van der Waals surface area (Å²) in [5.74, 6) is -0.635. The number of carbonyl (C=O) groups excluding carboxylic acids is 2. The maximum atomic E-state index is 13.1. The topological polar surface area (TPSA) is 95.9 Å². The first kappa shape index (κ1) is 51.5. The summed E-state index contributed by atoms with van der Waals surface area (Å²) in [6, 6.07) is -0.738. The van der Waals surface area contributed by atoms with Crippen LogP contribution in [0.25, 0.3) is 0 Å². The van der Waals surface area contributed by atoms with Gasteiger partial charge >= 0.3 is 5.97 Å². The molecular weight excluding hydrogens is 683 g/mol. The molecule has 0 radical (unpaired) electrons. The molecule has 0 fully saturated rings. The molecule has 0 heterocycles. The molecule has 310 valence electrons. The Bertz CT molecular complexity index is 1170. The summed E-state index contributed by atoms with van der Waals surface area (Å²) in [6.07, 6.45) is 55.9. The van der Waals surface area contributed by atoms with Gasteiger partial charge in [0, 0.05) is 6.42 Å². The van der Waals surface area contributed by atoms with E-state index in [9.17, 15) is 19.8 Å². The SMILES string of the molecule is CC/C=C/C=C/C=C\C=C/C=C/CCCC(=O)OC(CCC/C=C/C/C=C/C/C=C/C/C=C/CC)CC(=O)NC(CO)C(O)CCCCCCCCCCC. The molecule has 0 rings (SSSR count). The maximum absolute atomic E-state index is 13.1. The Labute approximate surface area is 337 Å². The number of nitrogens with one attached hydrogen (secondary N) is 1. The van der Waals surface area contributed by atoms with Crippen molar-refractivity contribution < 1.29 is 24.5 Å². The van der Waals surface area contributed by atoms with Gasteiger partial charge in [-0.2, -0.15) is 0 Å². The highest BCUT2D eigenvalue weighted by Crippen LogP contribution is 2.15. The summed E-state index contributed by atoms with van der Waals surface area (Å²) in [4.78, 5) is 25.9. The van der Waals surface area contributed by atoms with Crippen molar-refractivity contribution >= 4 is 11.9 Å². The smallest absolute Gasteiger partial charge is 0.306 e. The second-order valence-electron chi connectivity index (χ2n) is 14.1. The third kappa shape index (κ3) is 37.2. The van der Waals surface area contributed by atoms with E-state index in [0.29, 0.717) is 19.3 Å². The molecule has 1 amide bonds. The van der Waals surface area contributed by atoms with Crippen LogP contribution in [0.4, 0.5) is 0 Å². The molecule has 0 aliphatic rings. The van der Waals surface area contributed by atoms with Crippen LogP contribution in [0.15, 0.2) is 109 Å². The minimum atomic E-state index is -0.818. The highest BCUT2D eigenvalue weighted by atomic mass is 16.5. The third-order valence-corrected chi connectivity index (χ3v) is 8.98. The lowest BCUT2D eigenvalue weighted by Gasteiger charge is -2.24. The molecule has 0 aromatic rings. The Kier molecular flexibility index (Phi) is 39.0. The number of carbonyl (C=O) groups is 2. The fourth-order valence-corrected chi connectivity index (χ4v) is 5.75. The Balaban J connectivity index is 4.89. The van der Waals surface area contributed by atoms with Gasteiger partial charge in [-0.25, -0.2) is 0 Å². The molecule has 0 aromatic heterocycles. The Morgan fingerprint density at radius 2 is 1.07 bits per heavy atom. The zero-order valence-corrected chi connectivity index (χ0v) is 35.0. The first-order valence-electron chi connectivity index (χ1n) is 21.7. The van der Waals surface area contributed by atoms with Gasteiger partial charge in [-0.1, -0.05) is 188 Å². The summed E-state index contributed by atoms with van der Waals surface area (Å²) in [5, 5.41) is 23.5. The Morgan fingerprint density at radius 3 is 1.65 bits per heavy atom. The van der Waals surface area contributed by atoms with Gasteiger partial charge in [-0.05, 0) is 70.6 Å². The van der Waals surface area contributed by atoms with E-state index in [1.807, 2.05) is 54.7 Å². The molecule has 0 spiro atoms. The molecule has 3 unspecified atom stereocenters. The number of hydrogen-bond acceptors (Lipinski definition) is 5. The van der Waals surface area contributed by atoms with E-state index in [1.54, 1.807) is 0 Å². The number of unbranched alkanes of at least 4 members (excludes halogenated alkanes) is 10. The average Bonchev–Trinajstić information content (AvgIpc) is 3.18. The van der Waals surface area contributed by atoms with Crippen molar-refractivity contribution in [1.82, 2.24) is 5.32 Å². The van der Waals surface area contributed by atoms with Gasteiger partial charge in [0.1, 0.15) is 6.10 Å². The van der Waals surface area contributed by atoms with Crippen molar-refractivity contribution in [2.24, 2.45) is 0 Å². The van der Waals surface area contributed by atoms with Crippen molar-refractivity contribution in [1.29, 1.82) is 0 Å². The summed E-state index contributed by atoms with van der Waals surface area (Å²) >= 11 is 0. The molecular formula is C49H79NO5. The third-order valence-electron chi connectivity index (χ3n) is 8.98. The van der Waals surface area contributed by atoms with Crippen molar-refractivity contribution in [3.05, 3.63) is 109 Å². The average molecular weight is 762 g/mol. The molecule has 3 N–H and O–H groups in total. The van der Waals surface area contributed by atoms with E-state index in [0.717, 1.165) is 70.6 Å². The van der Waals surface area contributed by atoms with E-state index in [2.05, 4.69) is 80.8 Å². The van der Waals surface area contributed by atoms with Crippen LogP contribution in [0.1, 0.15) is 162 Å². The Hall–Kier alpha value is -3.48. The van der Waals surface area contributed by atoms with Crippen LogP contribution in [0.3, 0.4) is 0 Å². The molecule has 0 saturated heterocycles. The second-order valence-corrected chi connectivity index (χ2v) is 14.1. The van der Waals surface area contributed by atoms with Crippen LogP contribution in [-0.2, 0) is 14.3 Å². The van der Waals surface area contributed by atoms with E-state index in [4.69, 9.17) is 4.74 Å². The predicted molar refractivity (Wildman–Crippen MR) is 236 cm³/mol. The minimum Gasteiger partial charge on any atom is -0.462 e. The van der Waals surface area contributed by atoms with Crippen LogP contribution in [0.2, 0.25) is 0 Å². The first-order valence-corrected chi connectivity index (χ1v) is 21.7. The minimum absolute atomic E-state index is 0.00346. The monoisotopic (exact) mass is 762 g/mol. The number of allylic oxidation sites excluding steroid dienone is 18. The molecule has 0 bridgehead atoms. The molecule has 6 heteroatoms. The second kappa shape index (κ2) is 41.7. The van der Waals surface area contributed by atoms with Gasteiger partial charge in [0.25, 0.3) is 0 Å². The number of aliphatic hydroxyl groups is 2. The van der Waals surface area contributed by atoms with Crippen LogP contribution in [0.5, 0.6) is 0 Å². The largest absolute Gasteiger partial charge is 0.462 e. The molecule has 0 aliphatic carbocycles. The number of esters is 1. The molecule has 6 nitrogen and oxygen atoms in total. The zero-order chi connectivity index (χ0) is 40.3. The van der Waals surface area contributed by atoms with Crippen LogP contribution in [0, 0.1) is 0 Å². The van der Waals surface area contributed by atoms with Crippen molar-refractivity contribution in [3.63, 3.8) is 0 Å². The number of amides is 1. The highest BCUT2D eigenvalue weighted by Gasteiger charge is 2.23. The first-order chi connectivity index (χ1) is 27.0. The lowest BCUT2D eigenvalue weighted by atomic mass is 10.0. The quantitative estimate of drug-likeness (QED) is 0.0256. The molecule has 55 heavy (non-hydrogen) atoms. The molecule has 0 aromatic carbocycles. The van der Waals surface area contributed by atoms with E-state index >= 15 is 0 Å². The van der Waals surface area contributed by atoms with Crippen LogP contribution in [-0.4, -0.2) is 46.9 Å². The zero-order valence-electron chi connectivity index (χ0n) is 35.0. The van der Waals surface area contributed by atoms with Gasteiger partial charge < -0.3 is 20.3 Å². The summed E-state index contributed by atoms with van der Waals surface area (Å²) < 4.78 is 5.82. The fourth-order valence-electron chi connectivity index (χ4n) is 5.75. The van der Waals surface area contributed by atoms with Crippen molar-refractivity contribution in [2.75, 3.05) is 6.61 Å². The van der Waals surface area contributed by atoms with Gasteiger partial charge in [0.15, 0.2) is 0 Å². The van der Waals surface area contributed by atoms with E-state index < -0.39 is 18.2 Å². The van der Waals surface area contributed by atoms with Crippen molar-refractivity contribution in [2.45, 2.75) is 180 Å². The van der Waals surface area contributed by atoms with Gasteiger partial charge in [0.05, 0.1) is 25.2 Å². The lowest BCUT2D eigenvalue weighted by molar-refractivity contribution is -0.151. The molecule has 0 aliphatic heterocycles. The van der Waals surface area contributed by atoms with Crippen LogP contribution < -0.4 is 5.32 Å². The van der Waals surface area contributed by atoms with E-state index in [-0.39, 0.29) is 31.3 Å². The summed E-state index contributed by atoms with van der Waals surface area (Å²) in [7, 11) is 0. The predicted octanol–water partition coefficient (Wildman–Crippen LogP) is 12.4. The number of hydrogen-bond donors (Lipinski definition) is 3. The Morgan fingerprint density at radius 1 is 0.564 bits per heavy atom.